The second-order valence-corrected chi connectivity index (χ2v) is 1.24. The van der Waals surface area contributed by atoms with Crippen LogP contribution in [0.3, 0.4) is 0 Å². The van der Waals surface area contributed by atoms with Crippen LogP contribution in [0.4, 0.5) is 0 Å². The Kier molecular flexibility index (Phi) is 58.4. The molecular formula is C7H19N. The first kappa shape index (κ1) is 15.6. The zero-order valence-corrected chi connectivity index (χ0v) is 6.57. The molecule has 0 aliphatic heterocycles. The quantitative estimate of drug-likeness (QED) is 0.483. The first-order valence-electron chi connectivity index (χ1n) is 2.99. The highest BCUT2D eigenvalue weighted by molar-refractivity contribution is 4.32. The zero-order chi connectivity index (χ0) is 7.58. The van der Waals surface area contributed by atoms with Gasteiger partial charge in [0.2, 0.25) is 0 Å². The minimum atomic E-state index is 0.333. The second-order valence-electron chi connectivity index (χ2n) is 1.24. The van der Waals surface area contributed by atoms with Gasteiger partial charge in [-0.2, -0.15) is 0 Å². The molecule has 0 unspecified atom stereocenters. The lowest BCUT2D eigenvalue weighted by molar-refractivity contribution is 0.834. The Morgan fingerprint density at radius 1 is 1.12 bits per heavy atom. The number of rotatable bonds is 0. The molecule has 0 saturated heterocycles. The summed E-state index contributed by atoms with van der Waals surface area (Å²) in [5, 5.41) is 0. The topological polar surface area (TPSA) is 26.0 Å². The molecule has 0 aliphatic rings. The van der Waals surface area contributed by atoms with Crippen molar-refractivity contribution in [2.24, 2.45) is 5.73 Å². The summed E-state index contributed by atoms with van der Waals surface area (Å²) >= 11 is 0. The normalized spacial score (nSPS) is 5.75. The van der Waals surface area contributed by atoms with Crippen molar-refractivity contribution in [3.8, 4) is 0 Å². The van der Waals surface area contributed by atoms with E-state index in [1.54, 1.807) is 0 Å². The van der Waals surface area contributed by atoms with E-state index in [1.807, 2.05) is 27.7 Å². The van der Waals surface area contributed by atoms with Crippen LogP contribution >= 0.6 is 0 Å². The minimum absolute atomic E-state index is 0.333. The van der Waals surface area contributed by atoms with E-state index in [2.05, 4.69) is 13.2 Å². The predicted octanol–water partition coefficient (Wildman–Crippen LogP) is 2.18. The standard InChI is InChI=1S/C3H9N.C2H6.C2H4/c1-3(2)4;2*1-2/h3H,4H2,1-2H3;1-2H3;1-2H2. The van der Waals surface area contributed by atoms with Crippen LogP contribution in [-0.4, -0.2) is 6.04 Å². The molecule has 0 aromatic heterocycles. The van der Waals surface area contributed by atoms with Crippen LogP contribution in [0.2, 0.25) is 0 Å². The predicted molar refractivity (Wildman–Crippen MR) is 41.9 cm³/mol. The Bertz CT molecular complexity index is 15.6. The Labute approximate surface area is 53.6 Å². The van der Waals surface area contributed by atoms with Crippen molar-refractivity contribution in [2.45, 2.75) is 33.7 Å². The summed E-state index contributed by atoms with van der Waals surface area (Å²) in [6, 6.07) is 0.333. The van der Waals surface area contributed by atoms with Crippen molar-refractivity contribution in [1.29, 1.82) is 0 Å². The molecule has 0 radical (unpaired) electrons. The summed E-state index contributed by atoms with van der Waals surface area (Å²) in [6.45, 7) is 13.9. The number of nitrogens with two attached hydrogens (primary N) is 1. The molecule has 8 heavy (non-hydrogen) atoms. The van der Waals surface area contributed by atoms with Gasteiger partial charge in [0.1, 0.15) is 0 Å². The highest BCUT2D eigenvalue weighted by Crippen LogP contribution is 1.58. The first-order chi connectivity index (χ1) is 3.73. The highest BCUT2D eigenvalue weighted by Gasteiger charge is 1.67. The van der Waals surface area contributed by atoms with Gasteiger partial charge < -0.3 is 5.73 Å². The maximum absolute atomic E-state index is 5.11. The molecule has 52 valence electrons. The highest BCUT2D eigenvalue weighted by atomic mass is 14.6. The lowest BCUT2D eigenvalue weighted by Crippen LogP contribution is -2.06. The molecule has 0 bridgehead atoms. The maximum atomic E-state index is 5.11. The number of hydrogen-bond acceptors (Lipinski definition) is 1. The van der Waals surface area contributed by atoms with Gasteiger partial charge in [-0.1, -0.05) is 27.7 Å². The Morgan fingerprint density at radius 3 is 1.12 bits per heavy atom. The molecule has 0 amide bonds. The summed E-state index contributed by atoms with van der Waals surface area (Å²) in [5.41, 5.74) is 5.11. The average Bonchev–Trinajstić information content (AvgIpc) is 1.75. The fourth-order valence-corrected chi connectivity index (χ4v) is 0. The van der Waals surface area contributed by atoms with Crippen LogP contribution in [0.25, 0.3) is 0 Å². The van der Waals surface area contributed by atoms with Crippen molar-refractivity contribution in [3.63, 3.8) is 0 Å². The first-order valence-corrected chi connectivity index (χ1v) is 2.99. The third-order valence-corrected chi connectivity index (χ3v) is 0. The number of hydrogen-bond donors (Lipinski definition) is 1. The summed E-state index contributed by atoms with van der Waals surface area (Å²) < 4.78 is 0. The molecule has 0 spiro atoms. The van der Waals surface area contributed by atoms with Gasteiger partial charge in [-0.15, -0.1) is 13.2 Å². The van der Waals surface area contributed by atoms with Crippen molar-refractivity contribution >= 4 is 0 Å². The van der Waals surface area contributed by atoms with Gasteiger partial charge in [0.15, 0.2) is 0 Å². The SMILES string of the molecule is C=C.CC.CC(C)N. The molecule has 1 heteroatoms. The van der Waals surface area contributed by atoms with Crippen LogP contribution in [0.15, 0.2) is 13.2 Å². The second kappa shape index (κ2) is 29.9. The molecule has 0 aliphatic carbocycles. The molecule has 0 aromatic rings. The molecule has 0 aromatic carbocycles. The monoisotopic (exact) mass is 117 g/mol. The Balaban J connectivity index is -0.0000000542. The van der Waals surface area contributed by atoms with Crippen LogP contribution in [0, 0.1) is 0 Å². The van der Waals surface area contributed by atoms with Gasteiger partial charge in [-0.05, 0) is 6.04 Å². The minimum Gasteiger partial charge on any atom is -0.328 e. The molecular weight excluding hydrogens is 98.1 g/mol. The van der Waals surface area contributed by atoms with E-state index in [0.717, 1.165) is 0 Å². The molecule has 0 atom stereocenters. The van der Waals surface area contributed by atoms with Gasteiger partial charge in [-0.3, -0.25) is 0 Å². The molecule has 0 heterocycles. The average molecular weight is 117 g/mol. The summed E-state index contributed by atoms with van der Waals surface area (Å²) in [6.07, 6.45) is 0. The van der Waals surface area contributed by atoms with E-state index in [-0.39, 0.29) is 0 Å². The maximum Gasteiger partial charge on any atom is -0.00179 e. The van der Waals surface area contributed by atoms with Crippen LogP contribution in [0.5, 0.6) is 0 Å². The molecule has 0 saturated carbocycles. The van der Waals surface area contributed by atoms with Crippen molar-refractivity contribution in [3.05, 3.63) is 13.2 Å². The van der Waals surface area contributed by atoms with E-state index in [1.165, 1.54) is 0 Å². The molecule has 1 nitrogen and oxygen atoms in total. The van der Waals surface area contributed by atoms with Crippen molar-refractivity contribution in [1.82, 2.24) is 0 Å². The van der Waals surface area contributed by atoms with E-state index in [9.17, 15) is 0 Å². The van der Waals surface area contributed by atoms with E-state index < -0.39 is 0 Å². The van der Waals surface area contributed by atoms with Gasteiger partial charge in [-0.25, -0.2) is 0 Å². The largest absolute Gasteiger partial charge is 0.328 e. The van der Waals surface area contributed by atoms with Gasteiger partial charge >= 0.3 is 0 Å². The van der Waals surface area contributed by atoms with Crippen LogP contribution < -0.4 is 5.73 Å². The zero-order valence-electron chi connectivity index (χ0n) is 6.57. The van der Waals surface area contributed by atoms with Crippen LogP contribution in [0.1, 0.15) is 27.7 Å². The molecule has 0 rings (SSSR count). The van der Waals surface area contributed by atoms with E-state index in [0.29, 0.717) is 6.04 Å². The molecule has 2 N–H and O–H groups in total. The van der Waals surface area contributed by atoms with Gasteiger partial charge in [0, 0.05) is 0 Å². The summed E-state index contributed by atoms with van der Waals surface area (Å²) in [4.78, 5) is 0. The van der Waals surface area contributed by atoms with Gasteiger partial charge in [0.25, 0.3) is 0 Å². The summed E-state index contributed by atoms with van der Waals surface area (Å²) in [5.74, 6) is 0. The van der Waals surface area contributed by atoms with E-state index >= 15 is 0 Å². The Hall–Kier alpha value is -0.300. The van der Waals surface area contributed by atoms with Crippen LogP contribution in [-0.2, 0) is 0 Å². The third-order valence-electron chi connectivity index (χ3n) is 0. The van der Waals surface area contributed by atoms with E-state index in [4.69, 9.17) is 5.73 Å². The van der Waals surface area contributed by atoms with Crippen molar-refractivity contribution < 1.29 is 0 Å². The smallest absolute Gasteiger partial charge is 0.00179 e. The fourth-order valence-electron chi connectivity index (χ4n) is 0. The lowest BCUT2D eigenvalue weighted by atomic mass is 10.5. The lowest BCUT2D eigenvalue weighted by Gasteiger charge is -1.81. The third kappa shape index (κ3) is 1400. The summed E-state index contributed by atoms with van der Waals surface area (Å²) in [7, 11) is 0. The Morgan fingerprint density at radius 2 is 1.12 bits per heavy atom. The van der Waals surface area contributed by atoms with Crippen molar-refractivity contribution in [2.75, 3.05) is 0 Å². The molecule has 0 fully saturated rings. The fraction of sp³-hybridized carbons (Fsp3) is 0.714. The van der Waals surface area contributed by atoms with Gasteiger partial charge in [0.05, 0.1) is 0 Å².